The molecule has 0 aliphatic rings. The highest BCUT2D eigenvalue weighted by Crippen LogP contribution is 1.98. The van der Waals surface area contributed by atoms with E-state index in [0.29, 0.717) is 0 Å². The number of carbonyl (C=O) groups is 1. The summed E-state index contributed by atoms with van der Waals surface area (Å²) in [4.78, 5) is 10.7. The van der Waals surface area contributed by atoms with Crippen LogP contribution in [-0.2, 0) is 14.3 Å². The van der Waals surface area contributed by atoms with Crippen molar-refractivity contribution < 1.29 is 14.3 Å². The summed E-state index contributed by atoms with van der Waals surface area (Å²) >= 11 is 0. The Balaban J connectivity index is 3.72. The van der Waals surface area contributed by atoms with Gasteiger partial charge in [0.15, 0.2) is 0 Å². The smallest absolute Gasteiger partial charge is 0.312 e. The Hall–Kier alpha value is -0.990. The average Bonchev–Trinajstić information content (AvgIpc) is 1.98. The molecule has 10 heavy (non-hydrogen) atoms. The second-order valence-corrected chi connectivity index (χ2v) is 1.88. The number of hydrogen-bond donors (Lipinski definition) is 0. The molecule has 0 fully saturated rings. The minimum absolute atomic E-state index is 0.232. The van der Waals surface area contributed by atoms with E-state index in [-0.39, 0.29) is 11.9 Å². The fourth-order valence-electron chi connectivity index (χ4n) is 0.461. The first-order chi connectivity index (χ1) is 4.72. The summed E-state index contributed by atoms with van der Waals surface area (Å²) in [6.07, 6.45) is 3.09. The Morgan fingerprint density at radius 1 is 1.50 bits per heavy atom. The zero-order valence-electron chi connectivity index (χ0n) is 6.46. The number of ether oxygens (including phenoxy) is 2. The molecule has 0 heterocycles. The van der Waals surface area contributed by atoms with Crippen molar-refractivity contribution in [3.63, 3.8) is 0 Å². The summed E-state index contributed by atoms with van der Waals surface area (Å²) in [7, 11) is 2.89. The van der Waals surface area contributed by atoms with E-state index in [1.54, 1.807) is 13.0 Å². The van der Waals surface area contributed by atoms with Gasteiger partial charge in [0.1, 0.15) is 0 Å². The van der Waals surface area contributed by atoms with Gasteiger partial charge in [0.25, 0.3) is 0 Å². The van der Waals surface area contributed by atoms with Crippen LogP contribution in [0.4, 0.5) is 0 Å². The third-order valence-electron chi connectivity index (χ3n) is 1.08. The van der Waals surface area contributed by atoms with Crippen LogP contribution in [0.15, 0.2) is 12.3 Å². The van der Waals surface area contributed by atoms with Crippen LogP contribution in [0.25, 0.3) is 0 Å². The highest BCUT2D eigenvalue weighted by atomic mass is 16.5. The van der Waals surface area contributed by atoms with Gasteiger partial charge in [-0.05, 0) is 13.0 Å². The van der Waals surface area contributed by atoms with Gasteiger partial charge in [-0.25, -0.2) is 0 Å². The third-order valence-corrected chi connectivity index (χ3v) is 1.08. The minimum Gasteiger partial charge on any atom is -0.505 e. The summed E-state index contributed by atoms with van der Waals surface area (Å²) < 4.78 is 9.08. The molecule has 0 aromatic rings. The summed E-state index contributed by atoms with van der Waals surface area (Å²) in [5, 5.41) is 0. The molecule has 0 bridgehead atoms. The molecule has 0 aliphatic carbocycles. The maximum atomic E-state index is 10.7. The lowest BCUT2D eigenvalue weighted by Crippen LogP contribution is -2.09. The fraction of sp³-hybridized carbons (Fsp3) is 0.571. The predicted molar refractivity (Wildman–Crippen MR) is 37.3 cm³/mol. The van der Waals surface area contributed by atoms with Gasteiger partial charge in [-0.3, -0.25) is 4.79 Å². The minimum atomic E-state index is -0.256. The van der Waals surface area contributed by atoms with E-state index in [4.69, 9.17) is 0 Å². The van der Waals surface area contributed by atoms with Crippen LogP contribution in [0.3, 0.4) is 0 Å². The first kappa shape index (κ1) is 9.01. The summed E-state index contributed by atoms with van der Waals surface area (Å²) in [6, 6.07) is 0. The number of carbonyl (C=O) groups excluding carboxylic acids is 1. The van der Waals surface area contributed by atoms with E-state index >= 15 is 0 Å². The second-order valence-electron chi connectivity index (χ2n) is 1.88. The molecule has 3 nitrogen and oxygen atoms in total. The van der Waals surface area contributed by atoms with E-state index in [1.165, 1.54) is 20.5 Å². The SMILES string of the molecule is CO/C=C\C(C)C(=O)OC. The van der Waals surface area contributed by atoms with Gasteiger partial charge in [-0.15, -0.1) is 0 Å². The largest absolute Gasteiger partial charge is 0.505 e. The van der Waals surface area contributed by atoms with Gasteiger partial charge in [-0.2, -0.15) is 0 Å². The zero-order valence-corrected chi connectivity index (χ0v) is 6.46. The van der Waals surface area contributed by atoms with E-state index in [1.807, 2.05) is 0 Å². The molecule has 0 N–H and O–H groups in total. The molecule has 0 aromatic heterocycles. The second kappa shape index (κ2) is 4.85. The Morgan fingerprint density at radius 2 is 2.10 bits per heavy atom. The van der Waals surface area contributed by atoms with E-state index in [9.17, 15) is 4.79 Å². The molecule has 0 radical (unpaired) electrons. The van der Waals surface area contributed by atoms with Crippen molar-refractivity contribution in [2.24, 2.45) is 5.92 Å². The van der Waals surface area contributed by atoms with Crippen LogP contribution in [0.5, 0.6) is 0 Å². The molecule has 0 saturated carbocycles. The lowest BCUT2D eigenvalue weighted by Gasteiger charge is -2.01. The van der Waals surface area contributed by atoms with Crippen LogP contribution in [0, 0.1) is 5.92 Å². The van der Waals surface area contributed by atoms with Crippen molar-refractivity contribution in [3.05, 3.63) is 12.3 Å². The molecule has 0 rings (SSSR count). The predicted octanol–water partition coefficient (Wildman–Crippen LogP) is 0.956. The van der Waals surface area contributed by atoms with Crippen LogP contribution in [-0.4, -0.2) is 20.2 Å². The quantitative estimate of drug-likeness (QED) is 0.437. The Labute approximate surface area is 60.6 Å². The molecule has 0 spiro atoms. The fourth-order valence-corrected chi connectivity index (χ4v) is 0.461. The van der Waals surface area contributed by atoms with Crippen LogP contribution in [0.2, 0.25) is 0 Å². The van der Waals surface area contributed by atoms with Crippen LogP contribution >= 0.6 is 0 Å². The molecule has 0 saturated heterocycles. The molecule has 1 atom stereocenters. The maximum Gasteiger partial charge on any atom is 0.312 e. The lowest BCUT2D eigenvalue weighted by atomic mass is 10.2. The molecule has 0 aromatic carbocycles. The lowest BCUT2D eigenvalue weighted by molar-refractivity contribution is -0.143. The standard InChI is InChI=1S/C7H12O3/c1-6(4-5-9-2)7(8)10-3/h4-6H,1-3H3/b5-4-. The Morgan fingerprint density at radius 3 is 2.50 bits per heavy atom. The zero-order chi connectivity index (χ0) is 7.98. The van der Waals surface area contributed by atoms with Gasteiger partial charge >= 0.3 is 5.97 Å². The molecule has 0 amide bonds. The molecular weight excluding hydrogens is 132 g/mol. The van der Waals surface area contributed by atoms with Crippen LogP contribution in [0.1, 0.15) is 6.92 Å². The van der Waals surface area contributed by atoms with Gasteiger partial charge < -0.3 is 9.47 Å². The summed E-state index contributed by atoms with van der Waals surface area (Å²) in [6.45, 7) is 1.74. The van der Waals surface area contributed by atoms with E-state index in [0.717, 1.165) is 0 Å². The monoisotopic (exact) mass is 144 g/mol. The summed E-state index contributed by atoms with van der Waals surface area (Å²) in [5.41, 5.74) is 0. The third kappa shape index (κ3) is 3.12. The molecule has 3 heteroatoms. The van der Waals surface area contributed by atoms with Crippen molar-refractivity contribution in [3.8, 4) is 0 Å². The van der Waals surface area contributed by atoms with E-state index < -0.39 is 0 Å². The van der Waals surface area contributed by atoms with Gasteiger partial charge in [-0.1, -0.05) is 0 Å². The molecule has 0 aliphatic heterocycles. The molecular formula is C7H12O3. The van der Waals surface area contributed by atoms with Gasteiger partial charge in [0, 0.05) is 0 Å². The highest BCUT2D eigenvalue weighted by Gasteiger charge is 2.07. The number of rotatable bonds is 3. The number of methoxy groups -OCH3 is 2. The normalized spacial score (nSPS) is 13.1. The van der Waals surface area contributed by atoms with Crippen LogP contribution < -0.4 is 0 Å². The first-order valence-electron chi connectivity index (χ1n) is 2.99. The van der Waals surface area contributed by atoms with Gasteiger partial charge in [0.2, 0.25) is 0 Å². The van der Waals surface area contributed by atoms with Crippen molar-refractivity contribution in [2.75, 3.05) is 14.2 Å². The van der Waals surface area contributed by atoms with E-state index in [2.05, 4.69) is 9.47 Å². The van der Waals surface area contributed by atoms with Crippen molar-refractivity contribution in [1.29, 1.82) is 0 Å². The van der Waals surface area contributed by atoms with Crippen molar-refractivity contribution in [1.82, 2.24) is 0 Å². The number of hydrogen-bond acceptors (Lipinski definition) is 3. The Kier molecular flexibility index (Phi) is 4.37. The summed E-state index contributed by atoms with van der Waals surface area (Å²) in [5.74, 6) is -0.488. The topological polar surface area (TPSA) is 35.5 Å². The van der Waals surface area contributed by atoms with Crippen molar-refractivity contribution in [2.45, 2.75) is 6.92 Å². The first-order valence-corrected chi connectivity index (χ1v) is 2.99. The number of esters is 1. The van der Waals surface area contributed by atoms with Gasteiger partial charge in [0.05, 0.1) is 26.4 Å². The molecule has 1 unspecified atom stereocenters. The highest BCUT2D eigenvalue weighted by molar-refractivity contribution is 5.73. The maximum absolute atomic E-state index is 10.7. The molecule has 58 valence electrons. The van der Waals surface area contributed by atoms with Crippen molar-refractivity contribution >= 4 is 5.97 Å². The average molecular weight is 144 g/mol. The Bertz CT molecular complexity index is 129.